The van der Waals surface area contributed by atoms with Gasteiger partial charge in [-0.1, -0.05) is 17.7 Å². The van der Waals surface area contributed by atoms with Crippen molar-refractivity contribution >= 4 is 55.8 Å². The van der Waals surface area contributed by atoms with Gasteiger partial charge in [0, 0.05) is 55.4 Å². The molecule has 0 bridgehead atoms. The Labute approximate surface area is 231 Å². The first-order chi connectivity index (χ1) is 18.4. The maximum absolute atomic E-state index is 13.5. The minimum Gasteiger partial charge on any atom is -0.443 e. The highest BCUT2D eigenvalue weighted by atomic mass is 35.5. The van der Waals surface area contributed by atoms with E-state index in [0.717, 1.165) is 16.0 Å². The number of nitrogens with zero attached hydrogens (tertiary/aromatic N) is 5. The lowest BCUT2D eigenvalue weighted by Gasteiger charge is -2.36. The molecule has 1 aliphatic rings. The molecule has 1 aromatic carbocycles. The van der Waals surface area contributed by atoms with Gasteiger partial charge in [0.15, 0.2) is 9.84 Å². The third-order valence-electron chi connectivity index (χ3n) is 6.57. The first kappa shape index (κ1) is 27.0. The molecule has 39 heavy (non-hydrogen) atoms. The molecule has 10 nitrogen and oxygen atoms in total. The van der Waals surface area contributed by atoms with Crippen LogP contribution >= 0.6 is 11.6 Å². The Morgan fingerprint density at radius 3 is 2.51 bits per heavy atom. The molecule has 1 fully saturated rings. The lowest BCUT2D eigenvalue weighted by molar-refractivity contribution is -0.131. The number of hydrogen-bond acceptors (Lipinski definition) is 7. The fourth-order valence-corrected chi connectivity index (χ4v) is 6.34. The van der Waals surface area contributed by atoms with Gasteiger partial charge in [-0.3, -0.25) is 9.20 Å². The molecule has 4 aromatic rings. The second kappa shape index (κ2) is 10.2. The van der Waals surface area contributed by atoms with E-state index in [-0.39, 0.29) is 17.4 Å². The first-order valence-corrected chi connectivity index (χ1v) is 14.7. The maximum atomic E-state index is 13.5. The summed E-state index contributed by atoms with van der Waals surface area (Å²) in [4.78, 5) is 34.3. The van der Waals surface area contributed by atoms with E-state index in [0.29, 0.717) is 42.1 Å². The number of carbonyl (C=O) groups is 2. The fraction of sp³-hybridized carbons (Fsp3) is 0.370. The van der Waals surface area contributed by atoms with Crippen molar-refractivity contribution in [1.29, 1.82) is 0 Å². The second-order valence-electron chi connectivity index (χ2n) is 10.5. The summed E-state index contributed by atoms with van der Waals surface area (Å²) in [6.45, 7) is 7.29. The van der Waals surface area contributed by atoms with Crippen molar-refractivity contribution < 1.29 is 22.7 Å². The van der Waals surface area contributed by atoms with Crippen molar-refractivity contribution in [3.8, 4) is 0 Å². The number of imidazole rings is 1. The molecule has 12 heteroatoms. The molecule has 0 unspecified atom stereocenters. The summed E-state index contributed by atoms with van der Waals surface area (Å²) in [5.74, 6) is 0.310. The summed E-state index contributed by atoms with van der Waals surface area (Å²) in [7, 11) is -4.02. The topological polar surface area (TPSA) is 106 Å². The van der Waals surface area contributed by atoms with Crippen molar-refractivity contribution in [3.63, 3.8) is 0 Å². The van der Waals surface area contributed by atoms with Crippen LogP contribution in [-0.4, -0.2) is 76.8 Å². The largest absolute Gasteiger partial charge is 0.443 e. The lowest BCUT2D eigenvalue weighted by Crippen LogP contribution is -2.49. The molecule has 3 aromatic heterocycles. The van der Waals surface area contributed by atoms with Crippen LogP contribution in [0.4, 0.5) is 10.6 Å². The molecule has 4 heterocycles. The number of halogens is 1. The Morgan fingerprint density at radius 2 is 1.79 bits per heavy atom. The summed E-state index contributed by atoms with van der Waals surface area (Å²) in [5, 5.41) is 0.675. The quantitative estimate of drug-likeness (QED) is 0.353. The van der Waals surface area contributed by atoms with E-state index in [4.69, 9.17) is 16.3 Å². The number of carbonyl (C=O) groups excluding carboxylic acids is 2. The number of rotatable bonds is 5. The molecule has 0 spiro atoms. The second-order valence-corrected chi connectivity index (χ2v) is 13.0. The standard InChI is InChI=1S/C27H30ClN5O5S/c1-27(2,3)38-26(35)33-21-8-7-20(28)17-19(21)18-25(33)39(36,37)16-9-24(34)31-14-12-30(13-15-31)23-6-4-5-22-29-10-11-32(22)23/h4-8,10-11,17-18H,9,12-16H2,1-3H3. The maximum Gasteiger partial charge on any atom is 0.420 e. The van der Waals surface area contributed by atoms with E-state index in [1.54, 1.807) is 50.1 Å². The number of aromatic nitrogens is 3. The van der Waals surface area contributed by atoms with E-state index >= 15 is 0 Å². The normalized spacial score (nSPS) is 14.8. The van der Waals surface area contributed by atoms with Crippen molar-refractivity contribution in [3.05, 3.63) is 59.9 Å². The van der Waals surface area contributed by atoms with Crippen LogP contribution in [0.5, 0.6) is 0 Å². The molecule has 1 amide bonds. The van der Waals surface area contributed by atoms with Crippen molar-refractivity contribution in [2.75, 3.05) is 36.8 Å². The number of piperazine rings is 1. The van der Waals surface area contributed by atoms with Gasteiger partial charge in [-0.2, -0.15) is 0 Å². The molecule has 0 saturated carbocycles. The molecule has 1 saturated heterocycles. The van der Waals surface area contributed by atoms with Crippen LogP contribution in [-0.2, 0) is 19.4 Å². The predicted octanol–water partition coefficient (Wildman–Crippen LogP) is 4.24. The summed E-state index contributed by atoms with van der Waals surface area (Å²) in [5.41, 5.74) is 0.382. The molecule has 0 atom stereocenters. The van der Waals surface area contributed by atoms with Crippen LogP contribution < -0.4 is 4.90 Å². The molecule has 206 valence electrons. The van der Waals surface area contributed by atoms with E-state index in [1.165, 1.54) is 6.07 Å². The van der Waals surface area contributed by atoms with E-state index in [9.17, 15) is 18.0 Å². The number of sulfone groups is 1. The van der Waals surface area contributed by atoms with Gasteiger partial charge in [0.1, 0.15) is 22.1 Å². The molecule has 1 aliphatic heterocycles. The van der Waals surface area contributed by atoms with Gasteiger partial charge in [-0.25, -0.2) is 22.8 Å². The zero-order valence-electron chi connectivity index (χ0n) is 22.0. The summed E-state index contributed by atoms with van der Waals surface area (Å²) in [6, 6.07) is 12.0. The van der Waals surface area contributed by atoms with Gasteiger partial charge < -0.3 is 14.5 Å². The van der Waals surface area contributed by atoms with Gasteiger partial charge in [0.2, 0.25) is 5.91 Å². The van der Waals surface area contributed by atoms with Gasteiger partial charge in [0.25, 0.3) is 0 Å². The van der Waals surface area contributed by atoms with Crippen LogP contribution in [0.2, 0.25) is 5.02 Å². The third kappa shape index (κ3) is 5.60. The Kier molecular flexibility index (Phi) is 7.06. The zero-order chi connectivity index (χ0) is 27.9. The Bertz CT molecular complexity index is 1660. The summed E-state index contributed by atoms with van der Waals surface area (Å²) in [6.07, 6.45) is 2.64. The molecular weight excluding hydrogens is 542 g/mol. The minimum atomic E-state index is -4.02. The Balaban J connectivity index is 1.29. The van der Waals surface area contributed by atoms with E-state index in [1.807, 2.05) is 28.8 Å². The number of ether oxygens (including phenoxy) is 1. The number of fused-ring (bicyclic) bond motifs is 2. The summed E-state index contributed by atoms with van der Waals surface area (Å²) >= 11 is 6.11. The van der Waals surface area contributed by atoms with Crippen LogP contribution in [0.3, 0.4) is 0 Å². The van der Waals surface area contributed by atoms with Crippen molar-refractivity contribution in [2.45, 2.75) is 37.8 Å². The average Bonchev–Trinajstić information content (AvgIpc) is 3.51. The monoisotopic (exact) mass is 571 g/mol. The molecule has 0 N–H and O–H groups in total. The molecule has 5 rings (SSSR count). The predicted molar refractivity (Wildman–Crippen MR) is 149 cm³/mol. The van der Waals surface area contributed by atoms with Crippen LogP contribution in [0.25, 0.3) is 16.6 Å². The highest BCUT2D eigenvalue weighted by Crippen LogP contribution is 2.28. The number of anilines is 1. The lowest BCUT2D eigenvalue weighted by atomic mass is 10.2. The van der Waals surface area contributed by atoms with Crippen LogP contribution in [0.1, 0.15) is 27.2 Å². The molecular formula is C27H30ClN5O5S. The SMILES string of the molecule is CC(C)(C)OC(=O)n1c(S(=O)(=O)CCC(=O)N2CCN(c3cccc4nccn34)CC2)cc2cc(Cl)ccc21. The number of pyridine rings is 1. The van der Waals surface area contributed by atoms with Gasteiger partial charge in [0.05, 0.1) is 11.3 Å². The minimum absolute atomic E-state index is 0.198. The average molecular weight is 572 g/mol. The highest BCUT2D eigenvalue weighted by Gasteiger charge is 2.30. The molecule has 0 radical (unpaired) electrons. The number of benzene rings is 1. The smallest absolute Gasteiger partial charge is 0.420 e. The van der Waals surface area contributed by atoms with E-state index in [2.05, 4.69) is 9.88 Å². The Morgan fingerprint density at radius 1 is 1.05 bits per heavy atom. The van der Waals surface area contributed by atoms with Gasteiger partial charge >= 0.3 is 6.09 Å². The highest BCUT2D eigenvalue weighted by molar-refractivity contribution is 7.91. The third-order valence-corrected chi connectivity index (χ3v) is 8.49. The van der Waals surface area contributed by atoms with Crippen LogP contribution in [0, 0.1) is 0 Å². The molecule has 0 aliphatic carbocycles. The van der Waals surface area contributed by atoms with Gasteiger partial charge in [-0.05, 0) is 57.2 Å². The van der Waals surface area contributed by atoms with Crippen molar-refractivity contribution in [2.24, 2.45) is 0 Å². The number of amides is 1. The fourth-order valence-electron chi connectivity index (χ4n) is 4.75. The van der Waals surface area contributed by atoms with Crippen molar-refractivity contribution in [1.82, 2.24) is 18.9 Å². The summed E-state index contributed by atoms with van der Waals surface area (Å²) < 4.78 is 35.4. The Hall–Kier alpha value is -3.57. The van der Waals surface area contributed by atoms with Gasteiger partial charge in [-0.15, -0.1) is 0 Å². The zero-order valence-corrected chi connectivity index (χ0v) is 23.6. The van der Waals surface area contributed by atoms with E-state index < -0.39 is 27.3 Å². The first-order valence-electron chi connectivity index (χ1n) is 12.6. The number of hydrogen-bond donors (Lipinski definition) is 0. The van der Waals surface area contributed by atoms with Crippen LogP contribution in [0.15, 0.2) is 59.9 Å².